The molecule has 0 bridgehead atoms. The van der Waals surface area contributed by atoms with Gasteiger partial charge in [-0.2, -0.15) is 0 Å². The monoisotopic (exact) mass is 1050 g/mol. The zero-order valence-electron chi connectivity index (χ0n) is 46.3. The summed E-state index contributed by atoms with van der Waals surface area (Å²) in [6.07, 6.45) is 33.3. The van der Waals surface area contributed by atoms with Crippen molar-refractivity contribution in [2.75, 3.05) is 14.2 Å². The lowest BCUT2D eigenvalue weighted by molar-refractivity contribution is -0.0419. The van der Waals surface area contributed by atoms with Crippen LogP contribution in [0.5, 0.6) is 0 Å². The molecular weight excluding hydrogens is 961 g/mol. The van der Waals surface area contributed by atoms with Crippen LogP contribution in [0.3, 0.4) is 0 Å². The number of aromatic nitrogens is 2. The highest BCUT2D eigenvalue weighted by molar-refractivity contribution is 7.10. The van der Waals surface area contributed by atoms with Gasteiger partial charge in [0, 0.05) is 41.5 Å². The lowest BCUT2D eigenvalue weighted by atomic mass is 9.79. The summed E-state index contributed by atoms with van der Waals surface area (Å²) >= 11 is 2.80. The molecule has 1 fully saturated rings. The molecule has 0 aromatic carbocycles. The van der Waals surface area contributed by atoms with Crippen LogP contribution in [0.4, 0.5) is 0 Å². The fourth-order valence-corrected chi connectivity index (χ4v) is 11.3. The first kappa shape index (κ1) is 61.7. The summed E-state index contributed by atoms with van der Waals surface area (Å²) in [5, 5.41) is 16.4. The van der Waals surface area contributed by atoms with Crippen LogP contribution >= 0.6 is 22.7 Å². The Kier molecular flexibility index (Phi) is 23.5. The maximum absolute atomic E-state index is 13.9. The average molecular weight is 1050 g/mol. The first-order chi connectivity index (χ1) is 33.0. The van der Waals surface area contributed by atoms with Crippen LogP contribution in [0.25, 0.3) is 6.08 Å². The molecule has 2 aromatic rings. The minimum absolute atomic E-state index is 0.0157. The van der Waals surface area contributed by atoms with E-state index in [-0.39, 0.29) is 34.1 Å². The summed E-state index contributed by atoms with van der Waals surface area (Å²) in [5.41, 5.74) is -0.486. The molecule has 2 heterocycles. The minimum Gasteiger partial charge on any atom is -0.464 e. The molecule has 1 saturated carbocycles. The summed E-state index contributed by atoms with van der Waals surface area (Å²) in [7, 11) is -1.28. The molecule has 0 amide bonds. The number of nitrogens with zero attached hydrogens (tertiary/aromatic N) is 2. The van der Waals surface area contributed by atoms with E-state index in [0.29, 0.717) is 36.8 Å². The number of thiazole rings is 2. The van der Waals surface area contributed by atoms with Crippen molar-refractivity contribution in [1.29, 1.82) is 0 Å². The summed E-state index contributed by atoms with van der Waals surface area (Å²) in [4.78, 5) is 34.7. The Labute approximate surface area is 438 Å². The van der Waals surface area contributed by atoms with Gasteiger partial charge in [-0.15, -0.1) is 22.7 Å². The number of carbonyl (C=O) groups is 2. The van der Waals surface area contributed by atoms with Gasteiger partial charge in [0.05, 0.1) is 36.5 Å². The van der Waals surface area contributed by atoms with E-state index >= 15 is 0 Å². The molecule has 2 aromatic heterocycles. The topological polar surface area (TPSA) is 126 Å². The molecule has 0 saturated heterocycles. The second-order valence-electron chi connectivity index (χ2n) is 22.8. The van der Waals surface area contributed by atoms with Crippen LogP contribution in [0.2, 0.25) is 36.3 Å². The number of hydrogen-bond acceptors (Lipinski definition) is 12. The zero-order valence-corrected chi connectivity index (χ0v) is 49.9. The van der Waals surface area contributed by atoms with Gasteiger partial charge in [0.2, 0.25) is 0 Å². The number of carbonyl (C=O) groups excluding carboxylic acids is 2. The third-order valence-corrected chi connectivity index (χ3v) is 25.0. The highest BCUT2D eigenvalue weighted by atomic mass is 32.1. The summed E-state index contributed by atoms with van der Waals surface area (Å²) in [5.74, 6) is -0.0345. The number of ether oxygens (including phenoxy) is 3. The summed E-state index contributed by atoms with van der Waals surface area (Å²) in [6.45, 7) is 34.9. The molecule has 0 spiro atoms. The van der Waals surface area contributed by atoms with Gasteiger partial charge >= 0.3 is 11.9 Å². The van der Waals surface area contributed by atoms with Crippen molar-refractivity contribution in [3.05, 3.63) is 123 Å². The van der Waals surface area contributed by atoms with Crippen LogP contribution in [0.1, 0.15) is 133 Å². The smallest absolute Gasteiger partial charge is 0.358 e. The standard InChI is InChI=1S/C57H88N2O8S2Si2/c1-19-29-48(66-70(15,16)54(3,4)5)56(9,10)46(60)34-28-32-42-37-41(42)31-26-27-36-50-58-45(40-68-50)53(62)65-47(57(11,12)49(30-20-2)67-71(17,18)55(6,7)8)35-25-23-21-22-24-33-43(63-13)38-51-59-44(39-69-51)52(61)64-14/h19-33,36,39-43,46-49,60H,34-35,37-38H2,1-18H3/b22-21-,25-23-,29-19+,30-20+,31-26+,32-28-,33-24+,36-27-/t41-,42+,43?,46?,47?,48?,49?/m1/s1. The van der Waals surface area contributed by atoms with Crippen molar-refractivity contribution in [2.45, 2.75) is 176 Å². The van der Waals surface area contributed by atoms with E-state index in [2.05, 4.69) is 142 Å². The van der Waals surface area contributed by atoms with Crippen molar-refractivity contribution < 1.29 is 37.8 Å². The fraction of sp³-hybridized carbons (Fsp3) is 0.579. The fourth-order valence-electron chi connectivity index (χ4n) is 7.05. The molecule has 0 radical (unpaired) electrons. The van der Waals surface area contributed by atoms with Gasteiger partial charge in [-0.25, -0.2) is 19.6 Å². The Morgan fingerprint density at radius 2 is 1.27 bits per heavy atom. The van der Waals surface area contributed by atoms with E-state index in [9.17, 15) is 14.7 Å². The Morgan fingerprint density at radius 1 is 0.704 bits per heavy atom. The molecule has 7 atom stereocenters. The quantitative estimate of drug-likeness (QED) is 0.0400. The van der Waals surface area contributed by atoms with Gasteiger partial charge in [-0.3, -0.25) is 0 Å². The van der Waals surface area contributed by atoms with Gasteiger partial charge in [0.1, 0.15) is 11.1 Å². The predicted octanol–water partition coefficient (Wildman–Crippen LogP) is 14.7. The Morgan fingerprint density at radius 3 is 1.85 bits per heavy atom. The van der Waals surface area contributed by atoms with Gasteiger partial charge in [0.25, 0.3) is 0 Å². The molecular formula is C57H88N2O8S2Si2. The van der Waals surface area contributed by atoms with Crippen molar-refractivity contribution in [2.24, 2.45) is 22.7 Å². The molecule has 0 aliphatic heterocycles. The Hall–Kier alpha value is -3.61. The average Bonchev–Trinajstić information content (AvgIpc) is 3.59. The number of methoxy groups -OCH3 is 2. The van der Waals surface area contributed by atoms with E-state index in [1.807, 2.05) is 74.6 Å². The van der Waals surface area contributed by atoms with Crippen LogP contribution in [-0.2, 0) is 29.5 Å². The molecule has 10 nitrogen and oxygen atoms in total. The van der Waals surface area contributed by atoms with Gasteiger partial charge < -0.3 is 28.2 Å². The number of allylic oxidation sites excluding steroid dienone is 10. The SMILES string of the molecule is C/C=C/C(O[Si](C)(C)C(C)(C)C)C(C)(C)C(O)C/C=C\[C@H]1C[C@H]1/C=C/C=C\c1nc(C(=O)OC(C\C=C/C=C\C=C\C(Cc2nc(C(=O)OC)cs2)OC)C(C)(C)C(/C=C/C)O[Si](C)(C)C(C)(C)C)cs1. The van der Waals surface area contributed by atoms with E-state index in [0.717, 1.165) is 16.4 Å². The number of esters is 2. The molecule has 3 rings (SSSR count). The summed E-state index contributed by atoms with van der Waals surface area (Å²) < 4.78 is 30.6. The van der Waals surface area contributed by atoms with E-state index in [1.54, 1.807) is 17.9 Å². The summed E-state index contributed by atoms with van der Waals surface area (Å²) in [6, 6.07) is 0. The molecule has 394 valence electrons. The van der Waals surface area contributed by atoms with E-state index < -0.39 is 51.6 Å². The van der Waals surface area contributed by atoms with E-state index in [4.69, 9.17) is 23.1 Å². The third-order valence-electron chi connectivity index (χ3n) is 14.4. The van der Waals surface area contributed by atoms with Gasteiger partial charge in [0.15, 0.2) is 28.0 Å². The van der Waals surface area contributed by atoms with Gasteiger partial charge in [-0.1, -0.05) is 160 Å². The third kappa shape index (κ3) is 18.7. The lowest BCUT2D eigenvalue weighted by Gasteiger charge is -2.45. The first-order valence-corrected chi connectivity index (χ1v) is 32.6. The second-order valence-corrected chi connectivity index (χ2v) is 34.1. The zero-order chi connectivity index (χ0) is 53.4. The Balaban J connectivity index is 1.68. The number of rotatable bonds is 27. The maximum Gasteiger partial charge on any atom is 0.358 e. The normalized spacial score (nSPS) is 19.1. The number of aliphatic hydroxyl groups is 1. The van der Waals surface area contributed by atoms with Crippen LogP contribution in [-0.4, -0.2) is 88.4 Å². The maximum atomic E-state index is 13.9. The first-order valence-electron chi connectivity index (χ1n) is 25.1. The predicted molar refractivity (Wildman–Crippen MR) is 302 cm³/mol. The number of hydrogen-bond donors (Lipinski definition) is 1. The van der Waals surface area contributed by atoms with Crippen molar-refractivity contribution >= 4 is 57.3 Å². The Bertz CT molecular complexity index is 2250. The largest absolute Gasteiger partial charge is 0.464 e. The second kappa shape index (κ2) is 27.1. The molecule has 1 aliphatic rings. The molecule has 71 heavy (non-hydrogen) atoms. The molecule has 14 heteroatoms. The van der Waals surface area contributed by atoms with Crippen LogP contribution in [0, 0.1) is 22.7 Å². The number of aliphatic hydroxyl groups excluding tert-OH is 1. The highest BCUT2D eigenvalue weighted by Gasteiger charge is 2.46. The van der Waals surface area contributed by atoms with Crippen molar-refractivity contribution in [1.82, 2.24) is 9.97 Å². The molecule has 1 N–H and O–H groups in total. The van der Waals surface area contributed by atoms with Gasteiger partial charge in [-0.05, 0) is 80.9 Å². The molecule has 1 aliphatic carbocycles. The molecule has 5 unspecified atom stereocenters. The van der Waals surface area contributed by atoms with E-state index in [1.165, 1.54) is 29.8 Å². The highest BCUT2D eigenvalue weighted by Crippen LogP contribution is 2.44. The van der Waals surface area contributed by atoms with Crippen LogP contribution < -0.4 is 0 Å². The van der Waals surface area contributed by atoms with Crippen molar-refractivity contribution in [3.63, 3.8) is 0 Å². The van der Waals surface area contributed by atoms with Crippen molar-refractivity contribution in [3.8, 4) is 0 Å². The minimum atomic E-state index is -2.22. The lowest BCUT2D eigenvalue weighted by Crippen LogP contribution is -2.51. The van der Waals surface area contributed by atoms with Crippen LogP contribution in [0.15, 0.2) is 102 Å².